The normalized spacial score (nSPS) is 15.0. The van der Waals surface area contributed by atoms with Crippen LogP contribution in [0.2, 0.25) is 0 Å². The number of hydrogen-bond acceptors (Lipinski definition) is 4. The molecule has 1 aromatic carbocycles. The van der Waals surface area contributed by atoms with Crippen LogP contribution in [-0.4, -0.2) is 63.9 Å². The molecule has 0 unspecified atom stereocenters. The minimum atomic E-state index is -0.250. The summed E-state index contributed by atoms with van der Waals surface area (Å²) in [5, 5.41) is 6.79. The lowest BCUT2D eigenvalue weighted by Crippen LogP contribution is -2.50. The molecule has 27 heavy (non-hydrogen) atoms. The molecule has 7 nitrogen and oxygen atoms in total. The van der Waals surface area contributed by atoms with Gasteiger partial charge in [-0.1, -0.05) is 12.1 Å². The Bertz CT molecular complexity index is 631. The highest BCUT2D eigenvalue weighted by Crippen LogP contribution is 2.19. The number of aliphatic imine (C=N–C) groups is 1. The van der Waals surface area contributed by atoms with Crippen LogP contribution in [0.1, 0.15) is 24.0 Å². The number of nitrogens with one attached hydrogen (secondary N) is 2. The van der Waals surface area contributed by atoms with Gasteiger partial charge < -0.3 is 25.0 Å². The zero-order valence-corrected chi connectivity index (χ0v) is 18.9. The molecule has 0 aliphatic carbocycles. The fourth-order valence-corrected chi connectivity index (χ4v) is 3.07. The van der Waals surface area contributed by atoms with Crippen molar-refractivity contribution in [3.05, 3.63) is 29.3 Å². The van der Waals surface area contributed by atoms with Gasteiger partial charge in [0.25, 0.3) is 0 Å². The van der Waals surface area contributed by atoms with E-state index in [0.717, 1.165) is 43.1 Å². The Morgan fingerprint density at radius 3 is 2.59 bits per heavy atom. The quantitative estimate of drug-likeness (QED) is 0.377. The standard InChI is InChI=1S/C19H30N4O3.HI/c1-14-5-6-15(13-17(14)25-3)7-10-21-18(20-2)22-16-8-11-23(12-9-16)19(24)26-4;/h5-6,13,16H,7-12H2,1-4H3,(H2,20,21,22);1H. The van der Waals surface area contributed by atoms with Crippen LogP contribution >= 0.6 is 24.0 Å². The lowest BCUT2D eigenvalue weighted by atomic mass is 10.1. The Morgan fingerprint density at radius 2 is 2.00 bits per heavy atom. The van der Waals surface area contributed by atoms with Gasteiger partial charge in [-0.2, -0.15) is 0 Å². The maximum Gasteiger partial charge on any atom is 0.409 e. The third-order valence-corrected chi connectivity index (χ3v) is 4.67. The summed E-state index contributed by atoms with van der Waals surface area (Å²) in [4.78, 5) is 17.6. The number of amides is 1. The number of carbonyl (C=O) groups excluding carboxylic acids is 1. The molecule has 0 radical (unpaired) electrons. The number of methoxy groups -OCH3 is 2. The van der Waals surface area contributed by atoms with Gasteiger partial charge in [-0.15, -0.1) is 24.0 Å². The first-order chi connectivity index (χ1) is 12.6. The number of guanidine groups is 1. The minimum absolute atomic E-state index is 0. The van der Waals surface area contributed by atoms with E-state index >= 15 is 0 Å². The summed E-state index contributed by atoms with van der Waals surface area (Å²) in [7, 11) is 4.89. The van der Waals surface area contributed by atoms with E-state index in [1.54, 1.807) is 19.1 Å². The van der Waals surface area contributed by atoms with Crippen molar-refractivity contribution in [3.63, 3.8) is 0 Å². The van der Waals surface area contributed by atoms with Crippen LogP contribution in [0.4, 0.5) is 4.79 Å². The molecule has 1 saturated heterocycles. The molecule has 0 spiro atoms. The summed E-state index contributed by atoms with van der Waals surface area (Å²) < 4.78 is 10.1. The maximum atomic E-state index is 11.5. The maximum absolute atomic E-state index is 11.5. The Labute approximate surface area is 178 Å². The summed E-state index contributed by atoms with van der Waals surface area (Å²) in [6, 6.07) is 6.59. The molecular formula is C19H31IN4O3. The summed E-state index contributed by atoms with van der Waals surface area (Å²) in [5.41, 5.74) is 2.36. The first-order valence-corrected chi connectivity index (χ1v) is 9.01. The average molecular weight is 490 g/mol. The first kappa shape index (κ1) is 23.3. The van der Waals surface area contributed by atoms with Crippen LogP contribution in [0, 0.1) is 6.92 Å². The van der Waals surface area contributed by atoms with Crippen LogP contribution in [0.25, 0.3) is 0 Å². The van der Waals surface area contributed by atoms with Crippen LogP contribution in [-0.2, 0) is 11.2 Å². The molecule has 1 aliphatic heterocycles. The number of rotatable bonds is 5. The molecule has 1 aliphatic rings. The van der Waals surface area contributed by atoms with Crippen molar-refractivity contribution in [1.29, 1.82) is 0 Å². The number of hydrogen-bond donors (Lipinski definition) is 2. The van der Waals surface area contributed by atoms with Crippen molar-refractivity contribution in [1.82, 2.24) is 15.5 Å². The molecule has 1 aromatic rings. The number of likely N-dealkylation sites (tertiary alicyclic amines) is 1. The third-order valence-electron chi connectivity index (χ3n) is 4.67. The lowest BCUT2D eigenvalue weighted by molar-refractivity contribution is 0.111. The van der Waals surface area contributed by atoms with Gasteiger partial charge >= 0.3 is 6.09 Å². The zero-order chi connectivity index (χ0) is 18.9. The van der Waals surface area contributed by atoms with E-state index in [1.165, 1.54) is 12.7 Å². The van der Waals surface area contributed by atoms with Gasteiger partial charge in [0.05, 0.1) is 14.2 Å². The van der Waals surface area contributed by atoms with E-state index < -0.39 is 0 Å². The van der Waals surface area contributed by atoms with E-state index in [4.69, 9.17) is 9.47 Å². The summed E-state index contributed by atoms with van der Waals surface area (Å²) >= 11 is 0. The molecule has 0 aromatic heterocycles. The van der Waals surface area contributed by atoms with E-state index in [-0.39, 0.29) is 30.1 Å². The van der Waals surface area contributed by atoms with E-state index in [9.17, 15) is 4.79 Å². The first-order valence-electron chi connectivity index (χ1n) is 9.01. The molecule has 0 saturated carbocycles. The largest absolute Gasteiger partial charge is 0.496 e. The molecule has 152 valence electrons. The van der Waals surface area contributed by atoms with Crippen molar-refractivity contribution in [2.24, 2.45) is 4.99 Å². The van der Waals surface area contributed by atoms with Crippen molar-refractivity contribution >= 4 is 36.0 Å². The zero-order valence-electron chi connectivity index (χ0n) is 16.6. The van der Waals surface area contributed by atoms with Gasteiger partial charge in [0.15, 0.2) is 5.96 Å². The van der Waals surface area contributed by atoms with E-state index in [1.807, 2.05) is 6.92 Å². The number of benzene rings is 1. The van der Waals surface area contributed by atoms with Crippen molar-refractivity contribution < 1.29 is 14.3 Å². The fraction of sp³-hybridized carbons (Fsp3) is 0.579. The van der Waals surface area contributed by atoms with Gasteiger partial charge in [-0.05, 0) is 43.4 Å². The van der Waals surface area contributed by atoms with Gasteiger partial charge in [0.1, 0.15) is 5.75 Å². The van der Waals surface area contributed by atoms with Gasteiger partial charge in [-0.3, -0.25) is 4.99 Å². The Morgan fingerprint density at radius 1 is 1.30 bits per heavy atom. The molecule has 1 heterocycles. The molecule has 8 heteroatoms. The lowest BCUT2D eigenvalue weighted by Gasteiger charge is -2.32. The topological polar surface area (TPSA) is 75.2 Å². The van der Waals surface area contributed by atoms with Gasteiger partial charge in [0.2, 0.25) is 0 Å². The molecule has 1 amide bonds. The summed E-state index contributed by atoms with van der Waals surface area (Å²) in [6.45, 7) is 4.22. The average Bonchev–Trinajstić information content (AvgIpc) is 2.68. The highest BCUT2D eigenvalue weighted by atomic mass is 127. The predicted octanol–water partition coefficient (Wildman–Crippen LogP) is 2.56. The molecule has 2 N–H and O–H groups in total. The minimum Gasteiger partial charge on any atom is -0.496 e. The monoisotopic (exact) mass is 490 g/mol. The summed E-state index contributed by atoms with van der Waals surface area (Å²) in [5.74, 6) is 1.71. The molecule has 0 atom stereocenters. The Balaban J connectivity index is 0.00000364. The molecule has 2 rings (SSSR count). The van der Waals surface area contributed by atoms with Crippen LogP contribution < -0.4 is 15.4 Å². The number of piperidine rings is 1. The SMILES string of the molecule is CN=C(NCCc1ccc(C)c(OC)c1)NC1CCN(C(=O)OC)CC1.I. The molecule has 0 bridgehead atoms. The number of ether oxygens (including phenoxy) is 2. The Hall–Kier alpha value is -1.71. The molecular weight excluding hydrogens is 459 g/mol. The van der Waals surface area contributed by atoms with Crippen molar-refractivity contribution in [3.8, 4) is 5.75 Å². The number of carbonyl (C=O) groups is 1. The van der Waals surface area contributed by atoms with Crippen LogP contribution in [0.15, 0.2) is 23.2 Å². The second-order valence-corrected chi connectivity index (χ2v) is 6.43. The predicted molar refractivity (Wildman–Crippen MR) is 118 cm³/mol. The Kier molecular flexibility index (Phi) is 10.3. The van der Waals surface area contributed by atoms with E-state index in [0.29, 0.717) is 19.1 Å². The van der Waals surface area contributed by atoms with Gasteiger partial charge in [-0.25, -0.2) is 4.79 Å². The van der Waals surface area contributed by atoms with Gasteiger partial charge in [0, 0.05) is 32.7 Å². The number of halogens is 1. The third kappa shape index (κ3) is 7.08. The summed E-state index contributed by atoms with van der Waals surface area (Å²) in [6.07, 6.45) is 2.40. The van der Waals surface area contributed by atoms with Crippen LogP contribution in [0.3, 0.4) is 0 Å². The fourth-order valence-electron chi connectivity index (χ4n) is 3.07. The van der Waals surface area contributed by atoms with Crippen molar-refractivity contribution in [2.75, 3.05) is 40.9 Å². The number of aryl methyl sites for hydroxylation is 1. The second-order valence-electron chi connectivity index (χ2n) is 6.43. The second kappa shape index (κ2) is 11.9. The highest BCUT2D eigenvalue weighted by molar-refractivity contribution is 14.0. The van der Waals surface area contributed by atoms with Crippen molar-refractivity contribution in [2.45, 2.75) is 32.2 Å². The van der Waals surface area contributed by atoms with Crippen LogP contribution in [0.5, 0.6) is 5.75 Å². The number of nitrogens with zero attached hydrogens (tertiary/aromatic N) is 2. The van der Waals surface area contributed by atoms with E-state index in [2.05, 4.69) is 33.8 Å². The highest BCUT2D eigenvalue weighted by Gasteiger charge is 2.23. The molecule has 1 fully saturated rings. The smallest absolute Gasteiger partial charge is 0.409 e.